The van der Waals surface area contributed by atoms with Crippen molar-refractivity contribution in [2.24, 2.45) is 0 Å². The summed E-state index contributed by atoms with van der Waals surface area (Å²) < 4.78 is 7.33. The molecule has 5 heteroatoms. The number of methoxy groups -OCH3 is 1. The van der Waals surface area contributed by atoms with Crippen LogP contribution in [-0.2, 0) is 11.3 Å². The second kappa shape index (κ2) is 6.75. The number of anilines is 1. The number of piperidine rings is 1. The van der Waals surface area contributed by atoms with Gasteiger partial charge in [0.05, 0.1) is 6.61 Å². The van der Waals surface area contributed by atoms with Gasteiger partial charge >= 0.3 is 0 Å². The van der Waals surface area contributed by atoms with Crippen LogP contribution in [-0.4, -0.2) is 48.9 Å². The fraction of sp³-hybridized carbons (Fsp3) is 0.769. The number of aromatic nitrogens is 2. The van der Waals surface area contributed by atoms with Crippen molar-refractivity contribution < 1.29 is 4.74 Å². The van der Waals surface area contributed by atoms with Crippen molar-refractivity contribution in [3.63, 3.8) is 0 Å². The molecule has 1 aliphatic rings. The summed E-state index contributed by atoms with van der Waals surface area (Å²) in [4.78, 5) is 6.93. The molecular weight excluding hydrogens is 228 g/mol. The van der Waals surface area contributed by atoms with E-state index in [9.17, 15) is 0 Å². The molecule has 0 saturated carbocycles. The van der Waals surface area contributed by atoms with Gasteiger partial charge in [-0.3, -0.25) is 0 Å². The molecule has 1 aromatic heterocycles. The molecule has 5 nitrogen and oxygen atoms in total. The first-order chi connectivity index (χ1) is 8.86. The van der Waals surface area contributed by atoms with Gasteiger partial charge < -0.3 is 19.5 Å². The van der Waals surface area contributed by atoms with Crippen molar-refractivity contribution in [1.29, 1.82) is 0 Å². The zero-order valence-corrected chi connectivity index (χ0v) is 11.4. The Hall–Kier alpha value is -1.07. The monoisotopic (exact) mass is 252 g/mol. The van der Waals surface area contributed by atoms with Crippen LogP contribution >= 0.6 is 0 Å². The van der Waals surface area contributed by atoms with Gasteiger partial charge in [0.2, 0.25) is 5.95 Å². The first kappa shape index (κ1) is 13.4. The van der Waals surface area contributed by atoms with E-state index in [1.54, 1.807) is 7.11 Å². The minimum Gasteiger partial charge on any atom is -0.383 e. The molecule has 0 spiro atoms. The van der Waals surface area contributed by atoms with Crippen LogP contribution < -0.4 is 10.2 Å². The van der Waals surface area contributed by atoms with Crippen molar-refractivity contribution in [3.05, 3.63) is 12.4 Å². The van der Waals surface area contributed by atoms with Gasteiger partial charge in [0.1, 0.15) is 0 Å². The third-order valence-electron chi connectivity index (χ3n) is 3.54. The van der Waals surface area contributed by atoms with Crippen LogP contribution in [0, 0.1) is 0 Å². The van der Waals surface area contributed by atoms with E-state index < -0.39 is 0 Å². The van der Waals surface area contributed by atoms with Gasteiger partial charge in [0.25, 0.3) is 0 Å². The van der Waals surface area contributed by atoms with Crippen molar-refractivity contribution in [3.8, 4) is 0 Å². The molecule has 18 heavy (non-hydrogen) atoms. The van der Waals surface area contributed by atoms with E-state index in [-0.39, 0.29) is 0 Å². The van der Waals surface area contributed by atoms with Gasteiger partial charge in [-0.1, -0.05) is 0 Å². The summed E-state index contributed by atoms with van der Waals surface area (Å²) in [5.41, 5.74) is 0. The lowest BCUT2D eigenvalue weighted by atomic mass is 10.1. The molecular formula is C13H24N4O. The van der Waals surface area contributed by atoms with Crippen molar-refractivity contribution in [2.75, 3.05) is 38.3 Å². The molecule has 0 amide bonds. The predicted molar refractivity (Wildman–Crippen MR) is 73.0 cm³/mol. The van der Waals surface area contributed by atoms with E-state index in [1.807, 2.05) is 12.4 Å². The summed E-state index contributed by atoms with van der Waals surface area (Å²) in [5, 5.41) is 3.47. The summed E-state index contributed by atoms with van der Waals surface area (Å²) in [6.45, 7) is 6.99. The maximum Gasteiger partial charge on any atom is 0.205 e. The van der Waals surface area contributed by atoms with Crippen LogP contribution in [0.3, 0.4) is 0 Å². The zero-order valence-electron chi connectivity index (χ0n) is 11.4. The number of hydrogen-bond acceptors (Lipinski definition) is 4. The topological polar surface area (TPSA) is 42.3 Å². The lowest BCUT2D eigenvalue weighted by molar-refractivity contribution is 0.187. The highest BCUT2D eigenvalue weighted by Gasteiger charge is 2.22. The third kappa shape index (κ3) is 3.03. The number of likely N-dealkylation sites (N-methyl/N-ethyl adjacent to an activating group) is 1. The molecule has 2 heterocycles. The molecule has 0 aliphatic carbocycles. The molecule has 102 valence electrons. The van der Waals surface area contributed by atoms with Crippen LogP contribution in [0.15, 0.2) is 12.4 Å². The van der Waals surface area contributed by atoms with Gasteiger partial charge in [-0.05, 0) is 26.3 Å². The highest BCUT2D eigenvalue weighted by Crippen LogP contribution is 2.18. The van der Waals surface area contributed by atoms with Gasteiger partial charge in [0.15, 0.2) is 0 Å². The van der Waals surface area contributed by atoms with E-state index in [2.05, 4.69) is 26.7 Å². The highest BCUT2D eigenvalue weighted by atomic mass is 16.5. The Morgan fingerprint density at radius 2 is 2.50 bits per heavy atom. The van der Waals surface area contributed by atoms with Gasteiger partial charge in [0, 0.05) is 45.2 Å². The summed E-state index contributed by atoms with van der Waals surface area (Å²) in [6.07, 6.45) is 6.41. The first-order valence-corrected chi connectivity index (χ1v) is 6.84. The maximum absolute atomic E-state index is 5.15. The molecule has 2 rings (SSSR count). The molecule has 0 radical (unpaired) electrons. The van der Waals surface area contributed by atoms with Crippen LogP contribution in [0.5, 0.6) is 0 Å². The number of rotatable bonds is 6. The fourth-order valence-electron chi connectivity index (χ4n) is 2.59. The first-order valence-electron chi connectivity index (χ1n) is 6.84. The van der Waals surface area contributed by atoms with E-state index in [4.69, 9.17) is 4.74 Å². The highest BCUT2D eigenvalue weighted by molar-refractivity contribution is 5.33. The van der Waals surface area contributed by atoms with Crippen molar-refractivity contribution in [2.45, 2.75) is 32.4 Å². The number of hydrogen-bond donors (Lipinski definition) is 1. The zero-order chi connectivity index (χ0) is 12.8. The van der Waals surface area contributed by atoms with E-state index in [1.165, 1.54) is 12.8 Å². The Morgan fingerprint density at radius 3 is 3.17 bits per heavy atom. The smallest absolute Gasteiger partial charge is 0.205 e. The van der Waals surface area contributed by atoms with Gasteiger partial charge in [-0.15, -0.1) is 0 Å². The summed E-state index contributed by atoms with van der Waals surface area (Å²) >= 11 is 0. The minimum absolute atomic E-state index is 0.562. The quantitative estimate of drug-likeness (QED) is 0.823. The average molecular weight is 252 g/mol. The average Bonchev–Trinajstić information content (AvgIpc) is 2.87. The molecule has 0 aromatic carbocycles. The van der Waals surface area contributed by atoms with Crippen LogP contribution in [0.2, 0.25) is 0 Å². The minimum atomic E-state index is 0.562. The number of ether oxygens (including phenoxy) is 1. The van der Waals surface area contributed by atoms with Gasteiger partial charge in [-0.25, -0.2) is 4.98 Å². The number of nitrogens with one attached hydrogen (secondary N) is 1. The van der Waals surface area contributed by atoms with Crippen molar-refractivity contribution in [1.82, 2.24) is 14.9 Å². The Kier molecular flexibility index (Phi) is 5.01. The maximum atomic E-state index is 5.15. The summed E-state index contributed by atoms with van der Waals surface area (Å²) in [5.74, 6) is 1.07. The SMILES string of the molecule is CCN(c1nccn1CCOC)C1CCCNC1. The van der Waals surface area contributed by atoms with E-state index in [0.717, 1.165) is 38.7 Å². The van der Waals surface area contributed by atoms with Crippen LogP contribution in [0.25, 0.3) is 0 Å². The molecule has 1 aliphatic heterocycles. The van der Waals surface area contributed by atoms with E-state index in [0.29, 0.717) is 6.04 Å². The van der Waals surface area contributed by atoms with Crippen LogP contribution in [0.1, 0.15) is 19.8 Å². The van der Waals surface area contributed by atoms with E-state index >= 15 is 0 Å². The Balaban J connectivity index is 2.08. The lowest BCUT2D eigenvalue weighted by Crippen LogP contribution is -2.47. The second-order valence-corrected chi connectivity index (χ2v) is 4.70. The molecule has 0 bridgehead atoms. The lowest BCUT2D eigenvalue weighted by Gasteiger charge is -2.35. The standard InChI is InChI=1S/C13H24N4O/c1-3-17(12-5-4-6-14-11-12)13-15-7-8-16(13)9-10-18-2/h7-8,12,14H,3-6,9-11H2,1-2H3. The number of imidazole rings is 1. The second-order valence-electron chi connectivity index (χ2n) is 4.70. The molecule has 1 fully saturated rings. The largest absolute Gasteiger partial charge is 0.383 e. The Morgan fingerprint density at radius 1 is 1.61 bits per heavy atom. The summed E-state index contributed by atoms with van der Waals surface area (Å²) in [6, 6.07) is 0.562. The van der Waals surface area contributed by atoms with Crippen LogP contribution in [0.4, 0.5) is 5.95 Å². The summed E-state index contributed by atoms with van der Waals surface area (Å²) in [7, 11) is 1.74. The normalized spacial score (nSPS) is 20.0. The molecule has 1 unspecified atom stereocenters. The fourth-order valence-corrected chi connectivity index (χ4v) is 2.59. The van der Waals surface area contributed by atoms with Crippen molar-refractivity contribution >= 4 is 5.95 Å². The Labute approximate surface area is 109 Å². The molecule has 1 saturated heterocycles. The Bertz CT molecular complexity index is 347. The molecule has 1 atom stereocenters. The van der Waals surface area contributed by atoms with Gasteiger partial charge in [-0.2, -0.15) is 0 Å². The third-order valence-corrected chi connectivity index (χ3v) is 3.54. The number of nitrogens with zero attached hydrogens (tertiary/aromatic N) is 3. The predicted octanol–water partition coefficient (Wildman–Crippen LogP) is 1.11. The molecule has 1 aromatic rings. The molecule has 1 N–H and O–H groups in total.